The Bertz CT molecular complexity index is 867. The molecule has 3 rings (SSSR count). The van der Waals surface area contributed by atoms with Crippen LogP contribution < -0.4 is 5.32 Å². The van der Waals surface area contributed by atoms with Crippen molar-refractivity contribution in [3.05, 3.63) is 71.4 Å². The molecule has 3 aromatic rings. The number of H-pyrrole nitrogens is 1. The second-order valence-electron chi connectivity index (χ2n) is 5.29. The fraction of sp³-hybridized carbons (Fsp3) is 0.111. The SMILES string of the molecule is O=C(O)c1cccc(CCNC(=O)c2ccc3[nH]ccc3c2)c1. The quantitative estimate of drug-likeness (QED) is 0.678. The number of nitrogens with one attached hydrogen (secondary N) is 2. The van der Waals surface area contributed by atoms with Gasteiger partial charge in [0, 0.05) is 29.2 Å². The standard InChI is InChI=1S/C18H16N2O3/c21-17(14-4-5-16-13(11-14)7-9-19-16)20-8-6-12-2-1-3-15(10-12)18(22)23/h1-5,7,9-11,19H,6,8H2,(H,20,21)(H,22,23). The smallest absolute Gasteiger partial charge is 0.335 e. The molecule has 0 aliphatic rings. The van der Waals surface area contributed by atoms with Crippen molar-refractivity contribution >= 4 is 22.8 Å². The summed E-state index contributed by atoms with van der Waals surface area (Å²) < 4.78 is 0. The van der Waals surface area contributed by atoms with E-state index in [0.717, 1.165) is 16.5 Å². The van der Waals surface area contributed by atoms with Crippen LogP contribution >= 0.6 is 0 Å². The third kappa shape index (κ3) is 3.40. The fourth-order valence-electron chi connectivity index (χ4n) is 2.48. The molecule has 3 N–H and O–H groups in total. The van der Waals surface area contributed by atoms with E-state index in [1.54, 1.807) is 24.3 Å². The lowest BCUT2D eigenvalue weighted by atomic mass is 10.1. The summed E-state index contributed by atoms with van der Waals surface area (Å²) in [6, 6.07) is 14.2. The molecule has 1 aromatic heterocycles. The molecule has 0 atom stereocenters. The number of aromatic amines is 1. The molecule has 0 spiro atoms. The van der Waals surface area contributed by atoms with Gasteiger partial charge in [-0.15, -0.1) is 0 Å². The maximum Gasteiger partial charge on any atom is 0.335 e. The summed E-state index contributed by atoms with van der Waals surface area (Å²) in [5.41, 5.74) is 2.74. The molecule has 0 aliphatic carbocycles. The van der Waals surface area contributed by atoms with E-state index in [0.29, 0.717) is 18.5 Å². The molecule has 0 bridgehead atoms. The summed E-state index contributed by atoms with van der Waals surface area (Å²) in [4.78, 5) is 26.2. The molecule has 0 fully saturated rings. The minimum atomic E-state index is -0.948. The van der Waals surface area contributed by atoms with Gasteiger partial charge in [0.25, 0.3) is 5.91 Å². The number of aromatic carboxylic acids is 1. The van der Waals surface area contributed by atoms with Gasteiger partial charge in [-0.2, -0.15) is 0 Å². The number of hydrogen-bond donors (Lipinski definition) is 3. The topological polar surface area (TPSA) is 82.2 Å². The van der Waals surface area contributed by atoms with Crippen molar-refractivity contribution in [1.29, 1.82) is 0 Å². The predicted molar refractivity (Wildman–Crippen MR) is 87.7 cm³/mol. The van der Waals surface area contributed by atoms with E-state index in [2.05, 4.69) is 10.3 Å². The van der Waals surface area contributed by atoms with Gasteiger partial charge in [-0.25, -0.2) is 4.79 Å². The van der Waals surface area contributed by atoms with Gasteiger partial charge in [0.05, 0.1) is 5.56 Å². The molecule has 23 heavy (non-hydrogen) atoms. The Labute approximate surface area is 133 Å². The van der Waals surface area contributed by atoms with Crippen LogP contribution in [0.1, 0.15) is 26.3 Å². The molecule has 1 amide bonds. The van der Waals surface area contributed by atoms with Crippen molar-refractivity contribution in [3.8, 4) is 0 Å². The lowest BCUT2D eigenvalue weighted by molar-refractivity contribution is 0.0696. The number of fused-ring (bicyclic) bond motifs is 1. The maximum absolute atomic E-state index is 12.2. The highest BCUT2D eigenvalue weighted by atomic mass is 16.4. The molecule has 0 aliphatic heterocycles. The third-order valence-corrected chi connectivity index (χ3v) is 3.69. The summed E-state index contributed by atoms with van der Waals surface area (Å²) in [6.45, 7) is 0.451. The number of carbonyl (C=O) groups excluding carboxylic acids is 1. The lowest BCUT2D eigenvalue weighted by Gasteiger charge is -2.06. The van der Waals surface area contributed by atoms with Gasteiger partial charge >= 0.3 is 5.97 Å². The second kappa shape index (κ2) is 6.36. The average Bonchev–Trinajstić information content (AvgIpc) is 3.02. The molecule has 5 heteroatoms. The van der Waals surface area contributed by atoms with Gasteiger partial charge in [-0.3, -0.25) is 4.79 Å². The summed E-state index contributed by atoms with van der Waals surface area (Å²) in [6.07, 6.45) is 2.42. The molecule has 0 radical (unpaired) electrons. The van der Waals surface area contributed by atoms with Crippen LogP contribution in [-0.4, -0.2) is 28.5 Å². The van der Waals surface area contributed by atoms with Gasteiger partial charge in [-0.05, 0) is 48.4 Å². The largest absolute Gasteiger partial charge is 0.478 e. The van der Waals surface area contributed by atoms with Gasteiger partial charge in [0.15, 0.2) is 0 Å². The van der Waals surface area contributed by atoms with E-state index >= 15 is 0 Å². The van der Waals surface area contributed by atoms with Crippen molar-refractivity contribution in [2.24, 2.45) is 0 Å². The number of carbonyl (C=O) groups is 2. The van der Waals surface area contributed by atoms with Crippen molar-refractivity contribution in [3.63, 3.8) is 0 Å². The molecule has 116 valence electrons. The first-order valence-electron chi connectivity index (χ1n) is 7.31. The maximum atomic E-state index is 12.2. The zero-order valence-corrected chi connectivity index (χ0v) is 12.4. The molecular formula is C18H16N2O3. The van der Waals surface area contributed by atoms with Gasteiger partial charge in [-0.1, -0.05) is 12.1 Å². The summed E-state index contributed by atoms with van der Waals surface area (Å²) >= 11 is 0. The summed E-state index contributed by atoms with van der Waals surface area (Å²) in [5, 5.41) is 12.8. The lowest BCUT2D eigenvalue weighted by Crippen LogP contribution is -2.25. The van der Waals surface area contributed by atoms with Crippen molar-refractivity contribution in [2.75, 3.05) is 6.54 Å². The highest BCUT2D eigenvalue weighted by Crippen LogP contribution is 2.14. The summed E-state index contributed by atoms with van der Waals surface area (Å²) in [5.74, 6) is -1.09. The molecular weight excluding hydrogens is 292 g/mol. The molecule has 5 nitrogen and oxygen atoms in total. The first-order chi connectivity index (χ1) is 11.1. The van der Waals surface area contributed by atoms with Crippen LogP contribution in [-0.2, 0) is 6.42 Å². The van der Waals surface area contributed by atoms with Gasteiger partial charge in [0.2, 0.25) is 0 Å². The Morgan fingerprint density at radius 3 is 2.74 bits per heavy atom. The number of hydrogen-bond acceptors (Lipinski definition) is 2. The Morgan fingerprint density at radius 1 is 1.04 bits per heavy atom. The van der Waals surface area contributed by atoms with E-state index in [1.165, 1.54) is 0 Å². The second-order valence-corrected chi connectivity index (χ2v) is 5.29. The third-order valence-electron chi connectivity index (χ3n) is 3.69. The van der Waals surface area contributed by atoms with Crippen LogP contribution in [0.3, 0.4) is 0 Å². The minimum Gasteiger partial charge on any atom is -0.478 e. The van der Waals surface area contributed by atoms with E-state index in [9.17, 15) is 9.59 Å². The number of amides is 1. The number of carboxylic acids is 1. The normalized spacial score (nSPS) is 10.6. The monoisotopic (exact) mass is 308 g/mol. The van der Waals surface area contributed by atoms with Crippen LogP contribution in [0.25, 0.3) is 10.9 Å². The van der Waals surface area contributed by atoms with E-state index < -0.39 is 5.97 Å². The Kier molecular flexibility index (Phi) is 4.10. The first kappa shape index (κ1) is 14.8. The first-order valence-corrected chi connectivity index (χ1v) is 7.31. The predicted octanol–water partition coefficient (Wildman–Crippen LogP) is 2.84. The molecule has 0 unspecified atom stereocenters. The molecule has 0 saturated heterocycles. The minimum absolute atomic E-state index is 0.137. The average molecular weight is 308 g/mol. The van der Waals surface area contributed by atoms with Crippen molar-refractivity contribution in [1.82, 2.24) is 10.3 Å². The van der Waals surface area contributed by atoms with Crippen LogP contribution in [0.15, 0.2) is 54.7 Å². The van der Waals surface area contributed by atoms with Crippen LogP contribution in [0.5, 0.6) is 0 Å². The van der Waals surface area contributed by atoms with Gasteiger partial charge < -0.3 is 15.4 Å². The fourth-order valence-corrected chi connectivity index (χ4v) is 2.48. The number of carboxylic acid groups (broad SMARTS) is 1. The highest BCUT2D eigenvalue weighted by Gasteiger charge is 2.07. The Hall–Kier alpha value is -3.08. The van der Waals surface area contributed by atoms with Crippen LogP contribution in [0.4, 0.5) is 0 Å². The zero-order chi connectivity index (χ0) is 16.2. The van der Waals surface area contributed by atoms with E-state index in [4.69, 9.17) is 5.11 Å². The molecule has 2 aromatic carbocycles. The van der Waals surface area contributed by atoms with E-state index in [1.807, 2.05) is 30.5 Å². The number of aromatic nitrogens is 1. The van der Waals surface area contributed by atoms with Crippen molar-refractivity contribution in [2.45, 2.75) is 6.42 Å². The number of rotatable bonds is 5. The van der Waals surface area contributed by atoms with Crippen molar-refractivity contribution < 1.29 is 14.7 Å². The highest BCUT2D eigenvalue weighted by molar-refractivity contribution is 5.98. The van der Waals surface area contributed by atoms with Gasteiger partial charge in [0.1, 0.15) is 0 Å². The summed E-state index contributed by atoms with van der Waals surface area (Å²) in [7, 11) is 0. The Morgan fingerprint density at radius 2 is 1.91 bits per heavy atom. The van der Waals surface area contributed by atoms with E-state index in [-0.39, 0.29) is 11.5 Å². The molecule has 0 saturated carbocycles. The van der Waals surface area contributed by atoms with Crippen LogP contribution in [0.2, 0.25) is 0 Å². The molecule has 1 heterocycles. The zero-order valence-electron chi connectivity index (χ0n) is 12.4. The number of benzene rings is 2. The van der Waals surface area contributed by atoms with Crippen LogP contribution in [0, 0.1) is 0 Å². The Balaban J connectivity index is 1.60.